The molecule has 0 saturated heterocycles. The van der Waals surface area contributed by atoms with E-state index in [1.54, 1.807) is 7.11 Å². The fourth-order valence-electron chi connectivity index (χ4n) is 1.81. The van der Waals surface area contributed by atoms with E-state index >= 15 is 0 Å². The third-order valence-corrected chi connectivity index (χ3v) is 3.44. The lowest BCUT2D eigenvalue weighted by Gasteiger charge is -2.11. The van der Waals surface area contributed by atoms with Crippen LogP contribution in [-0.4, -0.2) is 12.0 Å². The fraction of sp³-hybridized carbons (Fsp3) is 0.143. The number of halogens is 2. The van der Waals surface area contributed by atoms with Gasteiger partial charge in [0.1, 0.15) is 5.75 Å². The van der Waals surface area contributed by atoms with Crippen LogP contribution in [-0.2, 0) is 6.54 Å². The first-order valence-corrected chi connectivity index (χ1v) is 6.77. The number of methoxy groups -OCH3 is 1. The van der Waals surface area contributed by atoms with Gasteiger partial charge >= 0.3 is 0 Å². The van der Waals surface area contributed by atoms with Crippen LogP contribution in [0, 0.1) is 10.1 Å². The van der Waals surface area contributed by atoms with Gasteiger partial charge in [0.2, 0.25) is 0 Å². The normalized spacial score (nSPS) is 10.2. The predicted octanol–water partition coefficient (Wildman–Crippen LogP) is 4.52. The van der Waals surface area contributed by atoms with Gasteiger partial charge in [-0.15, -0.1) is 0 Å². The summed E-state index contributed by atoms with van der Waals surface area (Å²) in [5.41, 5.74) is 1.29. The molecule has 2 aromatic carbocycles. The zero-order chi connectivity index (χ0) is 15.4. The van der Waals surface area contributed by atoms with Crippen molar-refractivity contribution < 1.29 is 9.66 Å². The quantitative estimate of drug-likeness (QED) is 0.648. The molecule has 0 aliphatic heterocycles. The third-order valence-electron chi connectivity index (χ3n) is 2.84. The smallest absolute Gasteiger partial charge is 0.272 e. The molecule has 1 N–H and O–H groups in total. The number of non-ortho nitro benzene ring substituents is 1. The minimum atomic E-state index is -0.538. The topological polar surface area (TPSA) is 64.4 Å². The first kappa shape index (κ1) is 15.4. The van der Waals surface area contributed by atoms with Crippen molar-refractivity contribution >= 4 is 34.6 Å². The second-order valence-corrected chi connectivity index (χ2v) is 5.06. The van der Waals surface area contributed by atoms with E-state index in [1.807, 2.05) is 24.3 Å². The number of hydrogen-bond acceptors (Lipinski definition) is 4. The fourth-order valence-corrected chi connectivity index (χ4v) is 2.42. The summed E-state index contributed by atoms with van der Waals surface area (Å²) < 4.78 is 5.14. The Kier molecular flexibility index (Phi) is 4.88. The zero-order valence-corrected chi connectivity index (χ0v) is 12.6. The van der Waals surface area contributed by atoms with Crippen molar-refractivity contribution in [1.29, 1.82) is 0 Å². The molecular formula is C14H12Cl2N2O3. The molecule has 0 fully saturated rings. The maximum absolute atomic E-state index is 10.7. The minimum Gasteiger partial charge on any atom is -0.497 e. The lowest BCUT2D eigenvalue weighted by Crippen LogP contribution is -2.01. The summed E-state index contributed by atoms with van der Waals surface area (Å²) in [7, 11) is 1.59. The lowest BCUT2D eigenvalue weighted by atomic mass is 10.2. The first-order chi connectivity index (χ1) is 10.0. The van der Waals surface area contributed by atoms with Crippen molar-refractivity contribution in [3.05, 3.63) is 62.1 Å². The van der Waals surface area contributed by atoms with E-state index in [0.29, 0.717) is 12.2 Å². The number of benzene rings is 2. The molecule has 0 heterocycles. The van der Waals surface area contributed by atoms with Gasteiger partial charge in [0.15, 0.2) is 0 Å². The molecule has 0 amide bonds. The van der Waals surface area contributed by atoms with Gasteiger partial charge in [0, 0.05) is 18.7 Å². The second kappa shape index (κ2) is 6.65. The Bertz CT molecular complexity index is 654. The van der Waals surface area contributed by atoms with Gasteiger partial charge in [-0.2, -0.15) is 0 Å². The molecule has 0 atom stereocenters. The Balaban J connectivity index is 2.18. The summed E-state index contributed by atoms with van der Waals surface area (Å²) in [6.07, 6.45) is 0. The zero-order valence-electron chi connectivity index (χ0n) is 11.1. The van der Waals surface area contributed by atoms with E-state index in [-0.39, 0.29) is 15.7 Å². The highest BCUT2D eigenvalue weighted by molar-refractivity contribution is 6.39. The highest BCUT2D eigenvalue weighted by Gasteiger charge is 2.14. The molecule has 7 heteroatoms. The SMILES string of the molecule is COc1cccc(CNc2c(Cl)cc([N+](=O)[O-])cc2Cl)c1. The van der Waals surface area contributed by atoms with Crippen LogP contribution >= 0.6 is 23.2 Å². The predicted molar refractivity (Wildman–Crippen MR) is 83.4 cm³/mol. The van der Waals surface area contributed by atoms with Crippen molar-refractivity contribution in [3.63, 3.8) is 0 Å². The van der Waals surface area contributed by atoms with E-state index in [2.05, 4.69) is 5.32 Å². The Labute approximate surface area is 131 Å². The van der Waals surface area contributed by atoms with Crippen LogP contribution in [0.5, 0.6) is 5.75 Å². The molecular weight excluding hydrogens is 315 g/mol. The van der Waals surface area contributed by atoms with Crippen LogP contribution in [0.1, 0.15) is 5.56 Å². The number of ether oxygens (including phenoxy) is 1. The molecule has 2 aromatic rings. The summed E-state index contributed by atoms with van der Waals surface area (Å²) in [5.74, 6) is 0.746. The maximum atomic E-state index is 10.7. The van der Waals surface area contributed by atoms with Gasteiger partial charge in [-0.05, 0) is 17.7 Å². The van der Waals surface area contributed by atoms with Crippen LogP contribution in [0.25, 0.3) is 0 Å². The maximum Gasteiger partial charge on any atom is 0.272 e. The van der Waals surface area contributed by atoms with Crippen molar-refractivity contribution in [1.82, 2.24) is 0 Å². The average molecular weight is 327 g/mol. The summed E-state index contributed by atoms with van der Waals surface area (Å²) in [4.78, 5) is 10.2. The molecule has 0 spiro atoms. The van der Waals surface area contributed by atoms with Crippen molar-refractivity contribution in [2.75, 3.05) is 12.4 Å². The largest absolute Gasteiger partial charge is 0.497 e. The first-order valence-electron chi connectivity index (χ1n) is 6.01. The van der Waals surface area contributed by atoms with Crippen LogP contribution in [0.4, 0.5) is 11.4 Å². The molecule has 0 aliphatic carbocycles. The second-order valence-electron chi connectivity index (χ2n) is 4.25. The van der Waals surface area contributed by atoms with E-state index in [9.17, 15) is 10.1 Å². The van der Waals surface area contributed by atoms with Crippen molar-refractivity contribution in [2.45, 2.75) is 6.54 Å². The minimum absolute atomic E-state index is 0.142. The number of nitrogens with zero attached hydrogens (tertiary/aromatic N) is 1. The summed E-state index contributed by atoms with van der Waals surface area (Å²) in [5, 5.41) is 14.2. The number of nitro groups is 1. The van der Waals surface area contributed by atoms with Crippen LogP contribution < -0.4 is 10.1 Å². The van der Waals surface area contributed by atoms with Crippen LogP contribution in [0.15, 0.2) is 36.4 Å². The van der Waals surface area contributed by atoms with Crippen LogP contribution in [0.2, 0.25) is 10.0 Å². The van der Waals surface area contributed by atoms with Gasteiger partial charge in [-0.3, -0.25) is 10.1 Å². The number of hydrogen-bond donors (Lipinski definition) is 1. The summed E-state index contributed by atoms with van der Waals surface area (Å²) >= 11 is 12.1. The van der Waals surface area contributed by atoms with Gasteiger partial charge in [0.05, 0.1) is 27.8 Å². The molecule has 5 nitrogen and oxygen atoms in total. The Morgan fingerprint density at radius 2 is 1.90 bits per heavy atom. The van der Waals surface area contributed by atoms with Crippen molar-refractivity contribution in [2.24, 2.45) is 0 Å². The van der Waals surface area contributed by atoms with E-state index in [0.717, 1.165) is 11.3 Å². The van der Waals surface area contributed by atoms with Gasteiger partial charge in [0.25, 0.3) is 5.69 Å². The van der Waals surface area contributed by atoms with Gasteiger partial charge in [-0.25, -0.2) is 0 Å². The summed E-state index contributed by atoms with van der Waals surface area (Å²) in [6, 6.07) is 10.0. The Morgan fingerprint density at radius 3 is 2.48 bits per heavy atom. The number of nitro benzene ring substituents is 1. The van der Waals surface area contributed by atoms with E-state index in [1.165, 1.54) is 12.1 Å². The summed E-state index contributed by atoms with van der Waals surface area (Å²) in [6.45, 7) is 0.467. The van der Waals surface area contributed by atoms with Gasteiger partial charge < -0.3 is 10.1 Å². The molecule has 0 radical (unpaired) electrons. The Hall–Kier alpha value is -1.98. The molecule has 0 aliphatic rings. The molecule has 0 unspecified atom stereocenters. The number of nitrogens with one attached hydrogen (secondary N) is 1. The van der Waals surface area contributed by atoms with Gasteiger partial charge in [-0.1, -0.05) is 35.3 Å². The Morgan fingerprint density at radius 1 is 1.24 bits per heavy atom. The molecule has 0 aromatic heterocycles. The highest BCUT2D eigenvalue weighted by Crippen LogP contribution is 2.35. The number of rotatable bonds is 5. The lowest BCUT2D eigenvalue weighted by molar-refractivity contribution is -0.384. The molecule has 110 valence electrons. The third kappa shape index (κ3) is 3.77. The number of anilines is 1. The van der Waals surface area contributed by atoms with E-state index < -0.39 is 4.92 Å². The molecule has 2 rings (SSSR count). The average Bonchev–Trinajstić information content (AvgIpc) is 2.46. The van der Waals surface area contributed by atoms with Crippen LogP contribution in [0.3, 0.4) is 0 Å². The monoisotopic (exact) mass is 326 g/mol. The highest BCUT2D eigenvalue weighted by atomic mass is 35.5. The molecule has 0 bridgehead atoms. The van der Waals surface area contributed by atoms with E-state index in [4.69, 9.17) is 27.9 Å². The molecule has 0 saturated carbocycles. The van der Waals surface area contributed by atoms with Crippen molar-refractivity contribution in [3.8, 4) is 5.75 Å². The standard InChI is InChI=1S/C14H12Cl2N2O3/c1-21-11-4-2-3-9(5-11)8-17-14-12(15)6-10(18(19)20)7-13(14)16/h2-7,17H,8H2,1H3. The molecule has 21 heavy (non-hydrogen) atoms.